The Morgan fingerprint density at radius 3 is 1.87 bits per heavy atom. The number of aryl methyl sites for hydroxylation is 1. The number of aromatic hydroxyl groups is 2. The van der Waals surface area contributed by atoms with E-state index in [9.17, 15) is 30.0 Å². The number of phenolic OH excluding ortho intramolecular Hbond substituents is 2. The van der Waals surface area contributed by atoms with Crippen LogP contribution in [0.5, 0.6) is 11.5 Å². The van der Waals surface area contributed by atoms with Crippen LogP contribution in [0.1, 0.15) is 46.0 Å². The highest BCUT2D eigenvalue weighted by molar-refractivity contribution is 5.98. The number of hydrogen-bond donors (Lipinski definition) is 4. The molecule has 0 aromatic heterocycles. The van der Waals surface area contributed by atoms with Crippen molar-refractivity contribution in [1.82, 2.24) is 0 Å². The molecule has 0 aliphatic heterocycles. The van der Waals surface area contributed by atoms with Crippen LogP contribution in [0.3, 0.4) is 0 Å². The lowest BCUT2D eigenvalue weighted by molar-refractivity contribution is 0.0686. The van der Waals surface area contributed by atoms with Gasteiger partial charge in [-0.15, -0.1) is 0 Å². The molecule has 3 rings (SSSR count). The van der Waals surface area contributed by atoms with Gasteiger partial charge in [-0.05, 0) is 71.5 Å². The second kappa shape index (κ2) is 8.69. The average Bonchev–Trinajstić information content (AvgIpc) is 2.71. The molecular weight excluding hydrogens is 384 g/mol. The first-order chi connectivity index (χ1) is 14.3. The SMILES string of the molecule is CCCCc1cc(-c2cc(O)ccc2C(=O)O)ccc1-c1cc(O)ccc1C(=O)O. The first kappa shape index (κ1) is 20.9. The van der Waals surface area contributed by atoms with Crippen molar-refractivity contribution < 1.29 is 30.0 Å². The first-order valence-corrected chi connectivity index (χ1v) is 9.58. The zero-order chi connectivity index (χ0) is 21.8. The minimum atomic E-state index is -1.11. The fourth-order valence-corrected chi connectivity index (χ4v) is 3.50. The Kier molecular flexibility index (Phi) is 6.06. The quantitative estimate of drug-likeness (QED) is 0.430. The maximum absolute atomic E-state index is 11.7. The molecule has 0 heterocycles. The molecule has 0 saturated heterocycles. The molecule has 0 bridgehead atoms. The number of carboxylic acids is 2. The number of benzene rings is 3. The van der Waals surface area contributed by atoms with E-state index in [2.05, 4.69) is 0 Å². The lowest BCUT2D eigenvalue weighted by Gasteiger charge is -2.15. The fraction of sp³-hybridized carbons (Fsp3) is 0.167. The molecule has 3 aromatic carbocycles. The Bertz CT molecular complexity index is 1120. The van der Waals surface area contributed by atoms with Crippen LogP contribution in [0.25, 0.3) is 22.3 Å². The summed E-state index contributed by atoms with van der Waals surface area (Å²) in [6, 6.07) is 13.4. The molecule has 0 aliphatic rings. The molecule has 0 amide bonds. The molecule has 154 valence electrons. The number of phenols is 2. The maximum atomic E-state index is 11.7. The molecule has 4 N–H and O–H groups in total. The summed E-state index contributed by atoms with van der Waals surface area (Å²) in [5, 5.41) is 38.9. The second-order valence-corrected chi connectivity index (χ2v) is 7.05. The Balaban J connectivity index is 2.23. The average molecular weight is 406 g/mol. The van der Waals surface area contributed by atoms with Crippen LogP contribution in [0, 0.1) is 0 Å². The minimum Gasteiger partial charge on any atom is -0.508 e. The Morgan fingerprint density at radius 2 is 1.30 bits per heavy atom. The summed E-state index contributed by atoms with van der Waals surface area (Å²) in [6.07, 6.45) is 2.42. The fourth-order valence-electron chi connectivity index (χ4n) is 3.50. The summed E-state index contributed by atoms with van der Waals surface area (Å²) in [4.78, 5) is 23.3. The van der Waals surface area contributed by atoms with Crippen molar-refractivity contribution in [2.45, 2.75) is 26.2 Å². The first-order valence-electron chi connectivity index (χ1n) is 9.58. The summed E-state index contributed by atoms with van der Waals surface area (Å²) >= 11 is 0. The molecule has 30 heavy (non-hydrogen) atoms. The van der Waals surface area contributed by atoms with Crippen molar-refractivity contribution in [3.05, 3.63) is 71.3 Å². The van der Waals surface area contributed by atoms with E-state index in [0.29, 0.717) is 28.7 Å². The van der Waals surface area contributed by atoms with Crippen molar-refractivity contribution in [3.63, 3.8) is 0 Å². The number of unbranched alkanes of at least 4 members (excludes halogenated alkanes) is 1. The van der Waals surface area contributed by atoms with Gasteiger partial charge in [0, 0.05) is 5.56 Å². The molecule has 0 radical (unpaired) electrons. The monoisotopic (exact) mass is 406 g/mol. The van der Waals surface area contributed by atoms with Gasteiger partial charge in [-0.25, -0.2) is 9.59 Å². The number of rotatable bonds is 7. The molecule has 3 aromatic rings. The Morgan fingerprint density at radius 1 is 0.733 bits per heavy atom. The van der Waals surface area contributed by atoms with Gasteiger partial charge in [-0.2, -0.15) is 0 Å². The summed E-state index contributed by atoms with van der Waals surface area (Å²) < 4.78 is 0. The van der Waals surface area contributed by atoms with Gasteiger partial charge in [0.25, 0.3) is 0 Å². The van der Waals surface area contributed by atoms with Gasteiger partial charge in [0.15, 0.2) is 0 Å². The van der Waals surface area contributed by atoms with Gasteiger partial charge in [-0.3, -0.25) is 0 Å². The zero-order valence-corrected chi connectivity index (χ0v) is 16.4. The predicted octanol–water partition coefficient (Wildman–Crippen LogP) is 5.17. The van der Waals surface area contributed by atoms with E-state index < -0.39 is 11.9 Å². The molecule has 0 saturated carbocycles. The largest absolute Gasteiger partial charge is 0.508 e. The van der Waals surface area contributed by atoms with Crippen LogP contribution in [0.4, 0.5) is 0 Å². The predicted molar refractivity (Wildman–Crippen MR) is 113 cm³/mol. The highest BCUT2D eigenvalue weighted by atomic mass is 16.4. The lowest BCUT2D eigenvalue weighted by atomic mass is 9.89. The highest BCUT2D eigenvalue weighted by Gasteiger charge is 2.18. The molecular formula is C24H22O6. The third-order valence-electron chi connectivity index (χ3n) is 4.97. The van der Waals surface area contributed by atoms with E-state index in [4.69, 9.17) is 0 Å². The molecule has 0 unspecified atom stereocenters. The van der Waals surface area contributed by atoms with E-state index in [-0.39, 0.29) is 22.6 Å². The maximum Gasteiger partial charge on any atom is 0.336 e. The van der Waals surface area contributed by atoms with E-state index in [1.165, 1.54) is 36.4 Å². The second-order valence-electron chi connectivity index (χ2n) is 7.05. The van der Waals surface area contributed by atoms with Gasteiger partial charge in [0.2, 0.25) is 0 Å². The van der Waals surface area contributed by atoms with Crippen LogP contribution < -0.4 is 0 Å². The van der Waals surface area contributed by atoms with Crippen LogP contribution >= 0.6 is 0 Å². The van der Waals surface area contributed by atoms with Gasteiger partial charge in [0.1, 0.15) is 11.5 Å². The summed E-state index contributed by atoms with van der Waals surface area (Å²) in [6.45, 7) is 2.04. The highest BCUT2D eigenvalue weighted by Crippen LogP contribution is 2.35. The minimum absolute atomic E-state index is 0.0401. The van der Waals surface area contributed by atoms with E-state index in [1.807, 2.05) is 13.0 Å². The summed E-state index contributed by atoms with van der Waals surface area (Å²) in [5.41, 5.74) is 3.01. The molecule has 0 fully saturated rings. The number of carboxylic acid groups (broad SMARTS) is 2. The molecule has 0 atom stereocenters. The van der Waals surface area contributed by atoms with Crippen LogP contribution in [-0.4, -0.2) is 32.4 Å². The van der Waals surface area contributed by atoms with Gasteiger partial charge >= 0.3 is 11.9 Å². The van der Waals surface area contributed by atoms with Gasteiger partial charge in [-0.1, -0.05) is 31.5 Å². The van der Waals surface area contributed by atoms with E-state index in [0.717, 1.165) is 18.4 Å². The zero-order valence-electron chi connectivity index (χ0n) is 16.4. The Hall–Kier alpha value is -3.80. The van der Waals surface area contributed by atoms with Crippen molar-refractivity contribution >= 4 is 11.9 Å². The van der Waals surface area contributed by atoms with Crippen molar-refractivity contribution in [2.24, 2.45) is 0 Å². The van der Waals surface area contributed by atoms with Crippen LogP contribution in [0.2, 0.25) is 0 Å². The van der Waals surface area contributed by atoms with Crippen molar-refractivity contribution in [2.75, 3.05) is 0 Å². The molecule has 6 nitrogen and oxygen atoms in total. The smallest absolute Gasteiger partial charge is 0.336 e. The van der Waals surface area contributed by atoms with Crippen LogP contribution in [0.15, 0.2) is 54.6 Å². The van der Waals surface area contributed by atoms with E-state index >= 15 is 0 Å². The lowest BCUT2D eigenvalue weighted by Crippen LogP contribution is -2.02. The number of aromatic carboxylic acids is 2. The third kappa shape index (κ3) is 4.27. The topological polar surface area (TPSA) is 115 Å². The number of hydrogen-bond acceptors (Lipinski definition) is 4. The van der Waals surface area contributed by atoms with Gasteiger partial charge < -0.3 is 20.4 Å². The van der Waals surface area contributed by atoms with Crippen LogP contribution in [-0.2, 0) is 6.42 Å². The third-order valence-corrected chi connectivity index (χ3v) is 4.97. The van der Waals surface area contributed by atoms with Crippen molar-refractivity contribution in [1.29, 1.82) is 0 Å². The Labute approximate surface area is 173 Å². The molecule has 6 heteroatoms. The van der Waals surface area contributed by atoms with Crippen molar-refractivity contribution in [3.8, 4) is 33.8 Å². The molecule has 0 spiro atoms. The normalized spacial score (nSPS) is 10.7. The van der Waals surface area contributed by atoms with Gasteiger partial charge in [0.05, 0.1) is 11.1 Å². The standard InChI is InChI=1S/C24H22O6/c1-2-3-4-14-11-15(21-12-16(25)6-9-19(21)23(27)28)5-8-18(14)22-13-17(26)7-10-20(22)24(29)30/h5-13,25-26H,2-4H2,1H3,(H,27,28)(H,29,30). The molecule has 0 aliphatic carbocycles. The number of carbonyl (C=O) groups is 2. The van der Waals surface area contributed by atoms with E-state index in [1.54, 1.807) is 12.1 Å². The summed E-state index contributed by atoms with van der Waals surface area (Å²) in [7, 11) is 0. The summed E-state index contributed by atoms with van der Waals surface area (Å²) in [5.74, 6) is -2.29.